The Labute approximate surface area is 107 Å². The van der Waals surface area contributed by atoms with E-state index in [1.807, 2.05) is 17.9 Å². The van der Waals surface area contributed by atoms with E-state index in [2.05, 4.69) is 0 Å². The van der Waals surface area contributed by atoms with E-state index < -0.39 is 0 Å². The highest BCUT2D eigenvalue weighted by molar-refractivity contribution is 6.30. The maximum absolute atomic E-state index is 12.3. The van der Waals surface area contributed by atoms with E-state index in [0.29, 0.717) is 17.5 Å². The molecule has 1 heterocycles. The molecule has 2 N–H and O–H groups in total. The molecule has 1 aliphatic rings. The molecule has 0 aliphatic carbocycles. The van der Waals surface area contributed by atoms with Crippen LogP contribution < -0.4 is 5.73 Å². The van der Waals surface area contributed by atoms with Gasteiger partial charge in [-0.25, -0.2) is 0 Å². The first-order chi connectivity index (χ1) is 8.11. The molecule has 0 bridgehead atoms. The molecular formula is C13H17ClN2O. The van der Waals surface area contributed by atoms with Gasteiger partial charge in [0, 0.05) is 23.7 Å². The number of carbonyl (C=O) groups excluding carboxylic acids is 1. The van der Waals surface area contributed by atoms with E-state index in [-0.39, 0.29) is 5.91 Å². The Morgan fingerprint density at radius 1 is 1.59 bits per heavy atom. The molecule has 1 atom stereocenters. The number of aryl methyl sites for hydroxylation is 1. The average Bonchev–Trinajstić information content (AvgIpc) is 2.76. The van der Waals surface area contributed by atoms with E-state index in [1.54, 1.807) is 12.1 Å². The van der Waals surface area contributed by atoms with Gasteiger partial charge in [0.25, 0.3) is 5.91 Å². The van der Waals surface area contributed by atoms with Gasteiger partial charge in [-0.15, -0.1) is 0 Å². The smallest absolute Gasteiger partial charge is 0.254 e. The molecule has 17 heavy (non-hydrogen) atoms. The number of rotatable bonds is 2. The summed E-state index contributed by atoms with van der Waals surface area (Å²) in [4.78, 5) is 14.2. The van der Waals surface area contributed by atoms with Crippen molar-refractivity contribution in [1.29, 1.82) is 0 Å². The molecule has 1 unspecified atom stereocenters. The summed E-state index contributed by atoms with van der Waals surface area (Å²) in [6.07, 6.45) is 1.01. The second-order valence-electron chi connectivity index (χ2n) is 4.60. The fraction of sp³-hybridized carbons (Fsp3) is 0.462. The molecule has 1 aromatic carbocycles. The van der Waals surface area contributed by atoms with Crippen LogP contribution in [-0.4, -0.2) is 30.4 Å². The number of nitrogens with two attached hydrogens (primary N) is 1. The van der Waals surface area contributed by atoms with Gasteiger partial charge in [0.2, 0.25) is 0 Å². The van der Waals surface area contributed by atoms with Crippen LogP contribution in [0.15, 0.2) is 18.2 Å². The van der Waals surface area contributed by atoms with Crippen molar-refractivity contribution in [2.45, 2.75) is 13.3 Å². The number of nitrogens with zero attached hydrogens (tertiary/aromatic N) is 1. The third kappa shape index (κ3) is 2.61. The van der Waals surface area contributed by atoms with Crippen molar-refractivity contribution in [1.82, 2.24) is 4.90 Å². The minimum Gasteiger partial charge on any atom is -0.338 e. The Hall–Kier alpha value is -1.06. The molecular weight excluding hydrogens is 236 g/mol. The SMILES string of the molecule is Cc1cc(Cl)ccc1C(=O)N1CCC(CN)C1. The Bertz CT molecular complexity index is 433. The minimum atomic E-state index is 0.0927. The van der Waals surface area contributed by atoms with Gasteiger partial charge in [-0.05, 0) is 49.6 Å². The topological polar surface area (TPSA) is 46.3 Å². The van der Waals surface area contributed by atoms with Gasteiger partial charge < -0.3 is 10.6 Å². The minimum absolute atomic E-state index is 0.0927. The first-order valence-corrected chi connectivity index (χ1v) is 6.25. The summed E-state index contributed by atoms with van der Waals surface area (Å²) >= 11 is 5.89. The highest BCUT2D eigenvalue weighted by Gasteiger charge is 2.26. The lowest BCUT2D eigenvalue weighted by Crippen LogP contribution is -2.30. The molecule has 0 radical (unpaired) electrons. The zero-order valence-corrected chi connectivity index (χ0v) is 10.7. The molecule has 1 aliphatic heterocycles. The van der Waals surface area contributed by atoms with Crippen LogP contribution in [0.25, 0.3) is 0 Å². The second kappa shape index (κ2) is 5.07. The van der Waals surface area contributed by atoms with Crippen LogP contribution in [-0.2, 0) is 0 Å². The van der Waals surface area contributed by atoms with Gasteiger partial charge in [0.1, 0.15) is 0 Å². The maximum Gasteiger partial charge on any atom is 0.254 e. The molecule has 92 valence electrons. The van der Waals surface area contributed by atoms with Crippen molar-refractivity contribution in [3.8, 4) is 0 Å². The Morgan fingerprint density at radius 3 is 2.94 bits per heavy atom. The van der Waals surface area contributed by atoms with E-state index in [4.69, 9.17) is 17.3 Å². The van der Waals surface area contributed by atoms with Crippen LogP contribution in [0.2, 0.25) is 5.02 Å². The van der Waals surface area contributed by atoms with Crippen molar-refractivity contribution >= 4 is 17.5 Å². The highest BCUT2D eigenvalue weighted by Crippen LogP contribution is 2.21. The van der Waals surface area contributed by atoms with Crippen LogP contribution in [0.5, 0.6) is 0 Å². The van der Waals surface area contributed by atoms with Gasteiger partial charge in [-0.3, -0.25) is 4.79 Å². The number of hydrogen-bond acceptors (Lipinski definition) is 2. The van der Waals surface area contributed by atoms with E-state index in [9.17, 15) is 4.79 Å². The van der Waals surface area contributed by atoms with E-state index in [1.165, 1.54) is 0 Å². The predicted molar refractivity (Wildman–Crippen MR) is 69.3 cm³/mol. The van der Waals surface area contributed by atoms with Crippen molar-refractivity contribution < 1.29 is 4.79 Å². The number of carbonyl (C=O) groups is 1. The number of likely N-dealkylation sites (tertiary alicyclic amines) is 1. The summed E-state index contributed by atoms with van der Waals surface area (Å²) in [7, 11) is 0. The van der Waals surface area contributed by atoms with Gasteiger partial charge in [0.15, 0.2) is 0 Å². The standard InChI is InChI=1S/C13H17ClN2O/c1-9-6-11(14)2-3-12(9)13(17)16-5-4-10(7-15)8-16/h2-3,6,10H,4-5,7-8,15H2,1H3. The second-order valence-corrected chi connectivity index (χ2v) is 5.04. The zero-order valence-electron chi connectivity index (χ0n) is 9.95. The van der Waals surface area contributed by atoms with Crippen molar-refractivity contribution in [2.75, 3.05) is 19.6 Å². The number of amides is 1. The van der Waals surface area contributed by atoms with Crippen LogP contribution in [0.1, 0.15) is 22.3 Å². The molecule has 0 aromatic heterocycles. The summed E-state index contributed by atoms with van der Waals surface area (Å²) in [5, 5.41) is 0.667. The zero-order chi connectivity index (χ0) is 12.4. The molecule has 0 saturated carbocycles. The van der Waals surface area contributed by atoms with Crippen LogP contribution in [0.3, 0.4) is 0 Å². The fourth-order valence-electron chi connectivity index (χ4n) is 2.25. The lowest BCUT2D eigenvalue weighted by atomic mass is 10.1. The van der Waals surface area contributed by atoms with Crippen LogP contribution >= 0.6 is 11.6 Å². The Morgan fingerprint density at radius 2 is 2.35 bits per heavy atom. The lowest BCUT2D eigenvalue weighted by molar-refractivity contribution is 0.0787. The summed E-state index contributed by atoms with van der Waals surface area (Å²) < 4.78 is 0. The molecule has 1 amide bonds. The molecule has 2 rings (SSSR count). The highest BCUT2D eigenvalue weighted by atomic mass is 35.5. The van der Waals surface area contributed by atoms with Crippen molar-refractivity contribution in [3.63, 3.8) is 0 Å². The van der Waals surface area contributed by atoms with Crippen molar-refractivity contribution in [2.24, 2.45) is 11.7 Å². The molecule has 1 aromatic rings. The predicted octanol–water partition coefficient (Wildman–Crippen LogP) is 2.07. The first-order valence-electron chi connectivity index (χ1n) is 5.87. The number of hydrogen-bond donors (Lipinski definition) is 1. The quantitative estimate of drug-likeness (QED) is 0.876. The number of benzene rings is 1. The summed E-state index contributed by atoms with van der Waals surface area (Å²) in [6, 6.07) is 5.39. The normalized spacial score (nSPS) is 19.7. The Balaban J connectivity index is 2.15. The lowest BCUT2D eigenvalue weighted by Gasteiger charge is -2.17. The summed E-state index contributed by atoms with van der Waals surface area (Å²) in [6.45, 7) is 4.15. The molecule has 1 fully saturated rings. The Kier molecular flexibility index (Phi) is 3.69. The van der Waals surface area contributed by atoms with Crippen molar-refractivity contribution in [3.05, 3.63) is 34.3 Å². The summed E-state index contributed by atoms with van der Waals surface area (Å²) in [5.41, 5.74) is 7.30. The molecule has 3 nitrogen and oxygen atoms in total. The summed E-state index contributed by atoms with van der Waals surface area (Å²) in [5.74, 6) is 0.543. The maximum atomic E-state index is 12.3. The third-order valence-electron chi connectivity index (χ3n) is 3.33. The van der Waals surface area contributed by atoms with Gasteiger partial charge in [-0.2, -0.15) is 0 Å². The fourth-order valence-corrected chi connectivity index (χ4v) is 2.47. The largest absolute Gasteiger partial charge is 0.338 e. The third-order valence-corrected chi connectivity index (χ3v) is 3.56. The number of halogens is 1. The molecule has 4 heteroatoms. The first kappa shape index (κ1) is 12.4. The van der Waals surface area contributed by atoms with E-state index >= 15 is 0 Å². The van der Waals surface area contributed by atoms with Gasteiger partial charge >= 0.3 is 0 Å². The van der Waals surface area contributed by atoms with E-state index in [0.717, 1.165) is 30.6 Å². The molecule has 1 saturated heterocycles. The van der Waals surface area contributed by atoms with Gasteiger partial charge in [0.05, 0.1) is 0 Å². The molecule has 0 spiro atoms. The average molecular weight is 253 g/mol. The van der Waals surface area contributed by atoms with Gasteiger partial charge in [-0.1, -0.05) is 11.6 Å². The monoisotopic (exact) mass is 252 g/mol. The van der Waals surface area contributed by atoms with Crippen LogP contribution in [0, 0.1) is 12.8 Å². The van der Waals surface area contributed by atoms with Crippen LogP contribution in [0.4, 0.5) is 0 Å².